The number of hydrogen-bond donors (Lipinski definition) is 1. The van der Waals surface area contributed by atoms with Crippen LogP contribution in [-0.4, -0.2) is 20.7 Å². The summed E-state index contributed by atoms with van der Waals surface area (Å²) in [6.07, 6.45) is 0. The van der Waals surface area contributed by atoms with Crippen molar-refractivity contribution in [3.63, 3.8) is 0 Å². The lowest BCUT2D eigenvalue weighted by atomic mass is 10.1. The van der Waals surface area contributed by atoms with E-state index in [4.69, 9.17) is 4.98 Å². The molecule has 0 bridgehead atoms. The molecule has 28 heavy (non-hydrogen) atoms. The minimum absolute atomic E-state index is 0.247. The molecule has 4 rings (SSSR count). The molecule has 0 atom stereocenters. The van der Waals surface area contributed by atoms with Gasteiger partial charge in [-0.25, -0.2) is 4.98 Å². The standard InChI is InChI=1S/C22H20N4OS/c1-3-26-15(2)14-18(25-26)21(27)24-22-23-19(16-10-6-4-7-11-16)20(28-22)17-12-8-5-9-13-17/h4-14H,3H2,1-2H3,(H,23,24,27). The molecular formula is C22H20N4OS. The van der Waals surface area contributed by atoms with Gasteiger partial charge < -0.3 is 0 Å². The van der Waals surface area contributed by atoms with Gasteiger partial charge in [0.25, 0.3) is 5.91 Å². The van der Waals surface area contributed by atoms with Crippen molar-refractivity contribution in [2.45, 2.75) is 20.4 Å². The first-order chi connectivity index (χ1) is 13.7. The minimum Gasteiger partial charge on any atom is -0.296 e. The third kappa shape index (κ3) is 3.59. The fraction of sp³-hybridized carbons (Fsp3) is 0.136. The Kier molecular flexibility index (Phi) is 5.04. The van der Waals surface area contributed by atoms with Crippen molar-refractivity contribution in [3.05, 3.63) is 78.1 Å². The number of rotatable bonds is 5. The number of benzene rings is 2. The Labute approximate surface area is 167 Å². The molecule has 0 aliphatic heterocycles. The molecule has 140 valence electrons. The Morgan fingerprint density at radius 3 is 2.29 bits per heavy atom. The van der Waals surface area contributed by atoms with Gasteiger partial charge in [-0.05, 0) is 25.5 Å². The molecule has 0 radical (unpaired) electrons. The lowest BCUT2D eigenvalue weighted by Crippen LogP contribution is -2.13. The van der Waals surface area contributed by atoms with Crippen LogP contribution in [0.3, 0.4) is 0 Å². The summed E-state index contributed by atoms with van der Waals surface area (Å²) in [6.45, 7) is 4.67. The van der Waals surface area contributed by atoms with Crippen molar-refractivity contribution in [2.24, 2.45) is 0 Å². The Hall–Kier alpha value is -3.25. The van der Waals surface area contributed by atoms with Gasteiger partial charge in [0.1, 0.15) is 0 Å². The summed E-state index contributed by atoms with van der Waals surface area (Å²) in [4.78, 5) is 18.4. The summed E-state index contributed by atoms with van der Waals surface area (Å²) in [5, 5.41) is 7.83. The zero-order valence-corrected chi connectivity index (χ0v) is 16.5. The number of aryl methyl sites for hydroxylation is 2. The zero-order valence-electron chi connectivity index (χ0n) is 15.7. The van der Waals surface area contributed by atoms with E-state index in [-0.39, 0.29) is 5.91 Å². The topological polar surface area (TPSA) is 59.8 Å². The molecule has 1 N–H and O–H groups in total. The predicted molar refractivity (Wildman–Crippen MR) is 114 cm³/mol. The molecule has 6 heteroatoms. The lowest BCUT2D eigenvalue weighted by Gasteiger charge is -2.02. The summed E-state index contributed by atoms with van der Waals surface area (Å²) in [6, 6.07) is 21.9. The summed E-state index contributed by atoms with van der Waals surface area (Å²) >= 11 is 1.47. The summed E-state index contributed by atoms with van der Waals surface area (Å²) in [5.41, 5.74) is 4.32. The molecule has 2 aromatic heterocycles. The Balaban J connectivity index is 1.70. The van der Waals surface area contributed by atoms with Gasteiger partial charge in [0, 0.05) is 17.8 Å². The fourth-order valence-electron chi connectivity index (χ4n) is 3.05. The van der Waals surface area contributed by atoms with E-state index in [0.29, 0.717) is 10.8 Å². The highest BCUT2D eigenvalue weighted by Gasteiger charge is 2.18. The second-order valence-electron chi connectivity index (χ2n) is 6.37. The van der Waals surface area contributed by atoms with Crippen molar-refractivity contribution in [2.75, 3.05) is 5.32 Å². The monoisotopic (exact) mass is 388 g/mol. The highest BCUT2D eigenvalue weighted by molar-refractivity contribution is 7.19. The van der Waals surface area contributed by atoms with Crippen LogP contribution in [0.15, 0.2) is 66.7 Å². The second kappa shape index (κ2) is 7.78. The van der Waals surface area contributed by atoms with E-state index in [1.165, 1.54) is 11.3 Å². The van der Waals surface area contributed by atoms with Gasteiger partial charge in [0.15, 0.2) is 10.8 Å². The van der Waals surface area contributed by atoms with Crippen LogP contribution in [-0.2, 0) is 6.54 Å². The van der Waals surface area contributed by atoms with E-state index in [9.17, 15) is 4.79 Å². The third-order valence-electron chi connectivity index (χ3n) is 4.44. The van der Waals surface area contributed by atoms with E-state index in [1.54, 1.807) is 6.07 Å². The maximum Gasteiger partial charge on any atom is 0.277 e. The minimum atomic E-state index is -0.247. The number of nitrogens with zero attached hydrogens (tertiary/aromatic N) is 3. The van der Waals surface area contributed by atoms with E-state index in [1.807, 2.05) is 67.1 Å². The van der Waals surface area contributed by atoms with Gasteiger partial charge in [-0.15, -0.1) is 0 Å². The van der Waals surface area contributed by atoms with Crippen LogP contribution in [0, 0.1) is 6.92 Å². The number of amides is 1. The highest BCUT2D eigenvalue weighted by Crippen LogP contribution is 2.38. The van der Waals surface area contributed by atoms with Crippen LogP contribution < -0.4 is 5.32 Å². The molecule has 5 nitrogen and oxygen atoms in total. The first-order valence-electron chi connectivity index (χ1n) is 9.13. The molecule has 0 aliphatic rings. The van der Waals surface area contributed by atoms with Crippen LogP contribution >= 0.6 is 11.3 Å². The molecule has 1 amide bonds. The van der Waals surface area contributed by atoms with Crippen LogP contribution in [0.1, 0.15) is 23.1 Å². The third-order valence-corrected chi connectivity index (χ3v) is 5.46. The van der Waals surface area contributed by atoms with Gasteiger partial charge >= 0.3 is 0 Å². The maximum atomic E-state index is 12.7. The van der Waals surface area contributed by atoms with Crippen LogP contribution in [0.4, 0.5) is 5.13 Å². The molecule has 0 saturated carbocycles. The normalized spacial score (nSPS) is 10.8. The van der Waals surface area contributed by atoms with Crippen molar-refractivity contribution in [1.29, 1.82) is 0 Å². The smallest absolute Gasteiger partial charge is 0.277 e. The molecule has 0 spiro atoms. The number of anilines is 1. The molecule has 0 fully saturated rings. The molecule has 0 unspecified atom stereocenters. The lowest BCUT2D eigenvalue weighted by molar-refractivity contribution is 0.102. The largest absolute Gasteiger partial charge is 0.296 e. The van der Waals surface area contributed by atoms with Crippen molar-refractivity contribution >= 4 is 22.4 Å². The van der Waals surface area contributed by atoms with E-state index in [0.717, 1.165) is 33.9 Å². The van der Waals surface area contributed by atoms with Gasteiger partial charge in [-0.3, -0.25) is 14.8 Å². The summed E-state index contributed by atoms with van der Waals surface area (Å²) in [7, 11) is 0. The number of carbonyl (C=O) groups excluding carboxylic acids is 1. The SMILES string of the molecule is CCn1nc(C(=O)Nc2nc(-c3ccccc3)c(-c3ccccc3)s2)cc1C. The summed E-state index contributed by atoms with van der Waals surface area (Å²) < 4.78 is 1.81. The predicted octanol–water partition coefficient (Wildman–Crippen LogP) is 5.25. The zero-order chi connectivity index (χ0) is 19.5. The number of aromatic nitrogens is 3. The van der Waals surface area contributed by atoms with Gasteiger partial charge in [0.2, 0.25) is 0 Å². The maximum absolute atomic E-state index is 12.7. The number of hydrogen-bond acceptors (Lipinski definition) is 4. The van der Waals surface area contributed by atoms with E-state index >= 15 is 0 Å². The van der Waals surface area contributed by atoms with Gasteiger partial charge in [-0.1, -0.05) is 72.0 Å². The first kappa shape index (κ1) is 18.1. The highest BCUT2D eigenvalue weighted by atomic mass is 32.1. The molecule has 2 aromatic carbocycles. The average Bonchev–Trinajstić information content (AvgIpc) is 3.33. The fourth-order valence-corrected chi connectivity index (χ4v) is 4.04. The molecule has 0 aliphatic carbocycles. The van der Waals surface area contributed by atoms with Crippen LogP contribution in [0.5, 0.6) is 0 Å². The molecule has 0 saturated heterocycles. The van der Waals surface area contributed by atoms with Crippen molar-refractivity contribution < 1.29 is 4.79 Å². The number of thiazole rings is 1. The quantitative estimate of drug-likeness (QED) is 0.508. The molecule has 4 aromatic rings. The first-order valence-corrected chi connectivity index (χ1v) is 9.95. The average molecular weight is 388 g/mol. The Morgan fingerprint density at radius 2 is 1.68 bits per heavy atom. The van der Waals surface area contributed by atoms with E-state index in [2.05, 4.69) is 22.5 Å². The van der Waals surface area contributed by atoms with Crippen molar-refractivity contribution in [1.82, 2.24) is 14.8 Å². The van der Waals surface area contributed by atoms with Crippen molar-refractivity contribution in [3.8, 4) is 21.7 Å². The molecular weight excluding hydrogens is 368 g/mol. The number of nitrogens with one attached hydrogen (secondary N) is 1. The van der Waals surface area contributed by atoms with E-state index < -0.39 is 0 Å². The van der Waals surface area contributed by atoms with Gasteiger partial charge in [0.05, 0.1) is 10.6 Å². The number of carbonyl (C=O) groups is 1. The Bertz CT molecular complexity index is 1040. The van der Waals surface area contributed by atoms with Gasteiger partial charge in [-0.2, -0.15) is 5.10 Å². The van der Waals surface area contributed by atoms with Crippen LogP contribution in [0.2, 0.25) is 0 Å². The second-order valence-corrected chi connectivity index (χ2v) is 7.37. The summed E-state index contributed by atoms with van der Waals surface area (Å²) in [5.74, 6) is -0.247. The Morgan fingerprint density at radius 1 is 1.04 bits per heavy atom. The van der Waals surface area contributed by atoms with Crippen LogP contribution in [0.25, 0.3) is 21.7 Å². The molecule has 2 heterocycles.